The third-order valence-electron chi connectivity index (χ3n) is 5.23. The maximum Gasteiger partial charge on any atom is 0.272 e. The van der Waals surface area contributed by atoms with Gasteiger partial charge in [0.05, 0.1) is 24.1 Å². The summed E-state index contributed by atoms with van der Waals surface area (Å²) in [7, 11) is 1.67. The van der Waals surface area contributed by atoms with E-state index in [9.17, 15) is 9.59 Å². The molecule has 7 nitrogen and oxygen atoms in total. The Balaban J connectivity index is 1.39. The van der Waals surface area contributed by atoms with E-state index in [1.54, 1.807) is 11.7 Å². The minimum absolute atomic E-state index is 0.0297. The first-order valence-corrected chi connectivity index (χ1v) is 11.8. The molecular weight excluding hydrogens is 420 g/mol. The highest BCUT2D eigenvalue weighted by atomic mass is 32.2. The Kier molecular flexibility index (Phi) is 6.29. The molecule has 30 heavy (non-hydrogen) atoms. The fourth-order valence-corrected chi connectivity index (χ4v) is 5.36. The summed E-state index contributed by atoms with van der Waals surface area (Å²) < 4.78 is 7.77. The van der Waals surface area contributed by atoms with Crippen LogP contribution in [0.3, 0.4) is 0 Å². The molecule has 0 N–H and O–H groups in total. The molecule has 2 aromatic heterocycles. The van der Waals surface area contributed by atoms with Crippen LogP contribution in [0.15, 0.2) is 45.7 Å². The Morgan fingerprint density at radius 1 is 1.20 bits per heavy atom. The first-order valence-electron chi connectivity index (χ1n) is 9.89. The molecule has 9 heteroatoms. The quantitative estimate of drug-likeness (QED) is 0.430. The second-order valence-corrected chi connectivity index (χ2v) is 8.77. The van der Waals surface area contributed by atoms with Crippen molar-refractivity contribution in [2.75, 3.05) is 43.9 Å². The Hall–Kier alpha value is -2.52. The third kappa shape index (κ3) is 4.04. The molecule has 0 saturated carbocycles. The molecule has 0 radical (unpaired) electrons. The minimum Gasteiger partial charge on any atom is -0.495 e. The van der Waals surface area contributed by atoms with Gasteiger partial charge in [-0.25, -0.2) is 4.98 Å². The lowest BCUT2D eigenvalue weighted by Gasteiger charge is -2.36. The number of piperazine rings is 1. The first kappa shape index (κ1) is 20.7. The first-order chi connectivity index (χ1) is 14.6. The van der Waals surface area contributed by atoms with E-state index in [1.165, 1.54) is 23.1 Å². The van der Waals surface area contributed by atoms with Crippen LogP contribution in [0.4, 0.5) is 5.69 Å². The fourth-order valence-electron chi connectivity index (χ4n) is 3.62. The molecular formula is C21H24N4O3S2. The molecule has 1 fully saturated rings. The van der Waals surface area contributed by atoms with Gasteiger partial charge in [0.2, 0.25) is 5.91 Å². The smallest absolute Gasteiger partial charge is 0.272 e. The van der Waals surface area contributed by atoms with Gasteiger partial charge in [-0.1, -0.05) is 23.9 Å². The number of rotatable bonds is 6. The number of anilines is 1. The number of ether oxygens (including phenoxy) is 1. The molecule has 0 spiro atoms. The van der Waals surface area contributed by atoms with Gasteiger partial charge in [-0.3, -0.25) is 14.2 Å². The van der Waals surface area contributed by atoms with Gasteiger partial charge in [0.15, 0.2) is 5.16 Å². The van der Waals surface area contributed by atoms with Crippen LogP contribution in [-0.2, 0) is 11.3 Å². The summed E-state index contributed by atoms with van der Waals surface area (Å²) in [6, 6.07) is 9.80. The second kappa shape index (κ2) is 9.09. The number of carbonyl (C=O) groups is 1. The van der Waals surface area contributed by atoms with Crippen LogP contribution < -0.4 is 15.2 Å². The van der Waals surface area contributed by atoms with E-state index < -0.39 is 0 Å². The van der Waals surface area contributed by atoms with Crippen molar-refractivity contribution in [1.29, 1.82) is 0 Å². The van der Waals surface area contributed by atoms with E-state index in [0.29, 0.717) is 35.0 Å². The van der Waals surface area contributed by atoms with Crippen LogP contribution in [0.25, 0.3) is 10.2 Å². The van der Waals surface area contributed by atoms with Crippen LogP contribution in [-0.4, -0.2) is 59.4 Å². The SMILES string of the molecule is CCn1c(SCC(=O)N2CCN(c3ccccc3OC)CC2)nc2ccsc2c1=O. The predicted molar refractivity (Wildman–Crippen MR) is 122 cm³/mol. The van der Waals surface area contributed by atoms with E-state index >= 15 is 0 Å². The van der Waals surface area contributed by atoms with E-state index in [1.807, 2.05) is 47.5 Å². The molecule has 0 unspecified atom stereocenters. The number of thioether (sulfide) groups is 1. The Morgan fingerprint density at radius 2 is 1.97 bits per heavy atom. The van der Waals surface area contributed by atoms with Gasteiger partial charge in [0.1, 0.15) is 10.4 Å². The van der Waals surface area contributed by atoms with Crippen LogP contribution in [0.5, 0.6) is 5.75 Å². The van der Waals surface area contributed by atoms with Crippen molar-refractivity contribution in [2.45, 2.75) is 18.6 Å². The molecule has 3 aromatic rings. The topological polar surface area (TPSA) is 67.7 Å². The monoisotopic (exact) mass is 444 g/mol. The van der Waals surface area contributed by atoms with Crippen molar-refractivity contribution in [1.82, 2.24) is 14.5 Å². The van der Waals surface area contributed by atoms with Crippen LogP contribution in [0, 0.1) is 0 Å². The second-order valence-electron chi connectivity index (χ2n) is 6.91. The van der Waals surface area contributed by atoms with Crippen molar-refractivity contribution in [3.63, 3.8) is 0 Å². The summed E-state index contributed by atoms with van der Waals surface area (Å²) in [5.41, 5.74) is 1.73. The third-order valence-corrected chi connectivity index (χ3v) is 7.08. The number of hydrogen-bond acceptors (Lipinski definition) is 7. The highest BCUT2D eigenvalue weighted by Crippen LogP contribution is 2.28. The molecule has 0 aliphatic carbocycles. The minimum atomic E-state index is -0.0297. The number of para-hydroxylation sites is 2. The summed E-state index contributed by atoms with van der Waals surface area (Å²) >= 11 is 2.75. The summed E-state index contributed by atoms with van der Waals surface area (Å²) in [4.78, 5) is 34.1. The lowest BCUT2D eigenvalue weighted by molar-refractivity contribution is -0.128. The average Bonchev–Trinajstić information content (AvgIpc) is 3.26. The van der Waals surface area contributed by atoms with Crippen molar-refractivity contribution in [3.05, 3.63) is 46.1 Å². The number of thiophene rings is 1. The van der Waals surface area contributed by atoms with Gasteiger partial charge in [-0.2, -0.15) is 0 Å². The normalized spacial score (nSPS) is 14.3. The zero-order valence-corrected chi connectivity index (χ0v) is 18.7. The molecule has 0 bridgehead atoms. The zero-order valence-electron chi connectivity index (χ0n) is 17.0. The van der Waals surface area contributed by atoms with Crippen LogP contribution in [0.2, 0.25) is 0 Å². The van der Waals surface area contributed by atoms with Gasteiger partial charge in [-0.05, 0) is 30.5 Å². The van der Waals surface area contributed by atoms with E-state index in [2.05, 4.69) is 9.88 Å². The zero-order chi connectivity index (χ0) is 21.1. The average molecular weight is 445 g/mol. The maximum absolute atomic E-state index is 12.8. The number of aromatic nitrogens is 2. The lowest BCUT2D eigenvalue weighted by Crippen LogP contribution is -2.49. The summed E-state index contributed by atoms with van der Waals surface area (Å²) in [5.74, 6) is 1.19. The number of methoxy groups -OCH3 is 1. The van der Waals surface area contributed by atoms with Gasteiger partial charge in [0, 0.05) is 32.7 Å². The van der Waals surface area contributed by atoms with E-state index in [-0.39, 0.29) is 17.2 Å². The molecule has 1 aliphatic heterocycles. The molecule has 1 saturated heterocycles. The van der Waals surface area contributed by atoms with Crippen molar-refractivity contribution in [2.24, 2.45) is 0 Å². The number of carbonyl (C=O) groups excluding carboxylic acids is 1. The molecule has 0 atom stereocenters. The van der Waals surface area contributed by atoms with E-state index in [4.69, 9.17) is 4.74 Å². The van der Waals surface area contributed by atoms with Gasteiger partial charge < -0.3 is 14.5 Å². The van der Waals surface area contributed by atoms with Crippen LogP contribution >= 0.6 is 23.1 Å². The largest absolute Gasteiger partial charge is 0.495 e. The standard InChI is InChI=1S/C21H24N4O3S2/c1-3-25-20(27)19-15(8-13-29-19)22-21(25)30-14-18(26)24-11-9-23(10-12-24)16-6-4-5-7-17(16)28-2/h4-8,13H,3,9-12,14H2,1-2H3. The Labute approximate surface area is 183 Å². The highest BCUT2D eigenvalue weighted by molar-refractivity contribution is 7.99. The molecule has 158 valence electrons. The Morgan fingerprint density at radius 3 is 2.70 bits per heavy atom. The number of hydrogen-bond donors (Lipinski definition) is 0. The molecule has 1 aliphatic rings. The maximum atomic E-state index is 12.8. The number of fused-ring (bicyclic) bond motifs is 1. The van der Waals surface area contributed by atoms with Crippen LogP contribution in [0.1, 0.15) is 6.92 Å². The molecule has 4 rings (SSSR count). The summed E-state index contributed by atoms with van der Waals surface area (Å²) in [5, 5.41) is 2.48. The van der Waals surface area contributed by atoms with Gasteiger partial charge in [0.25, 0.3) is 5.56 Å². The Bertz CT molecular complexity index is 1100. The number of nitrogens with zero attached hydrogens (tertiary/aromatic N) is 4. The number of benzene rings is 1. The predicted octanol–water partition coefficient (Wildman–Crippen LogP) is 2.93. The fraction of sp³-hybridized carbons (Fsp3) is 0.381. The van der Waals surface area contributed by atoms with E-state index in [0.717, 1.165) is 24.5 Å². The molecule has 1 amide bonds. The lowest BCUT2D eigenvalue weighted by atomic mass is 10.2. The summed E-state index contributed by atoms with van der Waals surface area (Å²) in [6.07, 6.45) is 0. The van der Waals surface area contributed by atoms with Crippen molar-refractivity contribution >= 4 is 44.9 Å². The molecule has 1 aromatic carbocycles. The van der Waals surface area contributed by atoms with Crippen molar-refractivity contribution in [3.8, 4) is 5.75 Å². The van der Waals surface area contributed by atoms with Gasteiger partial charge >= 0.3 is 0 Å². The molecule has 3 heterocycles. The highest BCUT2D eigenvalue weighted by Gasteiger charge is 2.23. The summed E-state index contributed by atoms with van der Waals surface area (Å²) in [6.45, 7) is 5.30. The number of amides is 1. The van der Waals surface area contributed by atoms with Gasteiger partial charge in [-0.15, -0.1) is 11.3 Å². The van der Waals surface area contributed by atoms with Crippen molar-refractivity contribution < 1.29 is 9.53 Å².